The molecule has 0 saturated carbocycles. The normalized spacial score (nSPS) is 25.4. The number of hydrogen-bond donors (Lipinski definition) is 1. The first kappa shape index (κ1) is 12.0. The number of amides is 1. The maximum absolute atomic E-state index is 12.3. The number of ketones is 1. The Morgan fingerprint density at radius 2 is 1.88 bits per heavy atom. The summed E-state index contributed by atoms with van der Waals surface area (Å²) in [5.74, 6) is 6.00. The first-order valence-corrected chi connectivity index (χ1v) is 5.89. The molecule has 1 aliphatic rings. The summed E-state index contributed by atoms with van der Waals surface area (Å²) in [7, 11) is 0. The minimum absolute atomic E-state index is 0.0780. The van der Waals surface area contributed by atoms with Gasteiger partial charge < -0.3 is 0 Å². The van der Waals surface area contributed by atoms with Gasteiger partial charge >= 0.3 is 5.91 Å². The van der Waals surface area contributed by atoms with Gasteiger partial charge in [-0.1, -0.05) is 18.2 Å². The Bertz CT molecular complexity index is 430. The predicted molar refractivity (Wildman–Crippen MR) is 63.8 cm³/mol. The summed E-state index contributed by atoms with van der Waals surface area (Å²) < 4.78 is -0.275. The topological polar surface area (TPSA) is 60.2 Å². The molecule has 1 unspecified atom stereocenters. The van der Waals surface area contributed by atoms with Crippen molar-refractivity contribution in [2.75, 3.05) is 13.1 Å². The van der Waals surface area contributed by atoms with E-state index >= 15 is 0 Å². The molecule has 1 fully saturated rings. The molecule has 1 saturated heterocycles. The van der Waals surface area contributed by atoms with Gasteiger partial charge in [0.1, 0.15) is 6.54 Å². The van der Waals surface area contributed by atoms with E-state index in [4.69, 9.17) is 5.84 Å². The molecule has 0 bridgehead atoms. The Kier molecular flexibility index (Phi) is 3.36. The largest absolute Gasteiger partial charge is 0.365 e. The third-order valence-corrected chi connectivity index (χ3v) is 3.15. The van der Waals surface area contributed by atoms with Crippen molar-refractivity contribution in [2.45, 2.75) is 19.3 Å². The van der Waals surface area contributed by atoms with E-state index in [-0.39, 0.29) is 22.8 Å². The molecular formula is C13H17N2O2+. The highest BCUT2D eigenvalue weighted by Gasteiger charge is 2.37. The molecule has 1 aliphatic heterocycles. The zero-order valence-electron chi connectivity index (χ0n) is 9.76. The number of rotatable bonds is 1. The molecule has 1 aromatic rings. The number of nitrogens with two attached hydrogens (primary N) is 1. The maximum Gasteiger partial charge on any atom is 0.365 e. The lowest BCUT2D eigenvalue weighted by Crippen LogP contribution is -2.60. The number of benzene rings is 1. The lowest BCUT2D eigenvalue weighted by molar-refractivity contribution is -0.852. The van der Waals surface area contributed by atoms with E-state index in [2.05, 4.69) is 0 Å². The van der Waals surface area contributed by atoms with Gasteiger partial charge in [-0.3, -0.25) is 4.79 Å². The van der Waals surface area contributed by atoms with Crippen molar-refractivity contribution in [3.8, 4) is 0 Å². The second-order valence-corrected chi connectivity index (χ2v) is 4.58. The zero-order valence-corrected chi connectivity index (χ0v) is 9.76. The Morgan fingerprint density at radius 1 is 1.18 bits per heavy atom. The van der Waals surface area contributed by atoms with Gasteiger partial charge in [0.2, 0.25) is 0 Å². The summed E-state index contributed by atoms with van der Waals surface area (Å²) in [4.78, 5) is 23.9. The molecule has 0 aliphatic carbocycles. The van der Waals surface area contributed by atoms with Crippen LogP contribution in [0.4, 0.5) is 0 Å². The van der Waals surface area contributed by atoms with Crippen LogP contribution in [0.5, 0.6) is 0 Å². The number of hydrogen-bond acceptors (Lipinski definition) is 3. The molecule has 4 heteroatoms. The number of likely N-dealkylation sites (tertiary alicyclic amines) is 1. The zero-order chi connectivity index (χ0) is 12.3. The van der Waals surface area contributed by atoms with E-state index < -0.39 is 0 Å². The first-order valence-electron chi connectivity index (χ1n) is 5.89. The molecule has 1 aromatic carbocycles. The molecule has 1 amide bonds. The maximum atomic E-state index is 12.3. The average molecular weight is 233 g/mol. The number of carbonyl (C=O) groups is 2. The highest BCUT2D eigenvalue weighted by molar-refractivity contribution is 5.91. The minimum atomic E-state index is -0.275. The number of quaternary nitrogens is 1. The second-order valence-electron chi connectivity index (χ2n) is 4.58. The summed E-state index contributed by atoms with van der Waals surface area (Å²) in [5, 5.41) is 0. The van der Waals surface area contributed by atoms with Gasteiger partial charge in [-0.2, -0.15) is 10.4 Å². The third kappa shape index (κ3) is 2.60. The van der Waals surface area contributed by atoms with Gasteiger partial charge in [0.05, 0.1) is 5.56 Å². The first-order chi connectivity index (χ1) is 8.12. The van der Waals surface area contributed by atoms with Crippen LogP contribution in [0.25, 0.3) is 0 Å². The SMILES string of the molecule is N[N+]1(C(=O)c2ccccc2)CCCCC(=O)C1. The molecule has 0 radical (unpaired) electrons. The molecule has 2 rings (SSSR count). The smallest absolute Gasteiger partial charge is 0.293 e. The van der Waals surface area contributed by atoms with Crippen molar-refractivity contribution < 1.29 is 14.2 Å². The second kappa shape index (κ2) is 4.77. The Hall–Kier alpha value is -1.52. The highest BCUT2D eigenvalue weighted by Crippen LogP contribution is 2.16. The van der Waals surface area contributed by atoms with E-state index in [1.807, 2.05) is 6.07 Å². The molecule has 1 atom stereocenters. The quantitative estimate of drug-likeness (QED) is 0.451. The van der Waals surface area contributed by atoms with Gasteiger partial charge in [0, 0.05) is 6.42 Å². The summed E-state index contributed by atoms with van der Waals surface area (Å²) in [6.07, 6.45) is 2.19. The molecule has 17 heavy (non-hydrogen) atoms. The number of nitrogens with zero attached hydrogens (tertiary/aromatic N) is 1. The van der Waals surface area contributed by atoms with Crippen molar-refractivity contribution in [3.05, 3.63) is 35.9 Å². The lowest BCUT2D eigenvalue weighted by atomic mass is 10.2. The molecule has 0 aromatic heterocycles. The molecule has 4 nitrogen and oxygen atoms in total. The number of Topliss-reactive ketones (excluding diaryl/α,β-unsaturated/α-hetero) is 1. The van der Waals surface area contributed by atoms with Gasteiger partial charge in [-0.05, 0) is 25.0 Å². The van der Waals surface area contributed by atoms with Crippen LogP contribution in [0.15, 0.2) is 30.3 Å². The fraction of sp³-hybridized carbons (Fsp3) is 0.385. The molecule has 2 N–H and O–H groups in total. The van der Waals surface area contributed by atoms with Crippen LogP contribution in [0.1, 0.15) is 29.6 Å². The van der Waals surface area contributed by atoms with Crippen LogP contribution < -0.4 is 5.84 Å². The van der Waals surface area contributed by atoms with E-state index in [9.17, 15) is 9.59 Å². The predicted octanol–water partition coefficient (Wildman–Crippen LogP) is 1.27. The van der Waals surface area contributed by atoms with Crippen molar-refractivity contribution in [1.82, 2.24) is 0 Å². The molecule has 0 spiro atoms. The Balaban J connectivity index is 2.25. The Labute approximate surface area is 101 Å². The summed E-state index contributed by atoms with van der Waals surface area (Å²) in [6, 6.07) is 8.94. The lowest BCUT2D eigenvalue weighted by Gasteiger charge is -2.27. The van der Waals surface area contributed by atoms with Crippen LogP contribution in [0.2, 0.25) is 0 Å². The van der Waals surface area contributed by atoms with E-state index in [1.54, 1.807) is 24.3 Å². The van der Waals surface area contributed by atoms with Crippen LogP contribution in [-0.4, -0.2) is 29.4 Å². The molecule has 1 heterocycles. The van der Waals surface area contributed by atoms with Crippen LogP contribution in [-0.2, 0) is 4.79 Å². The molecular weight excluding hydrogens is 216 g/mol. The van der Waals surface area contributed by atoms with Gasteiger partial charge in [-0.15, -0.1) is 0 Å². The van der Waals surface area contributed by atoms with Crippen LogP contribution >= 0.6 is 0 Å². The van der Waals surface area contributed by atoms with Crippen molar-refractivity contribution >= 4 is 11.7 Å². The van der Waals surface area contributed by atoms with Gasteiger partial charge in [-0.25, -0.2) is 4.79 Å². The van der Waals surface area contributed by atoms with E-state index in [1.165, 1.54) is 0 Å². The van der Waals surface area contributed by atoms with Crippen molar-refractivity contribution in [2.24, 2.45) is 5.84 Å². The Morgan fingerprint density at radius 3 is 2.59 bits per heavy atom. The average Bonchev–Trinajstić information content (AvgIpc) is 2.51. The summed E-state index contributed by atoms with van der Waals surface area (Å²) >= 11 is 0. The van der Waals surface area contributed by atoms with Gasteiger partial charge in [0.15, 0.2) is 12.3 Å². The fourth-order valence-corrected chi connectivity index (χ4v) is 2.20. The fourth-order valence-electron chi connectivity index (χ4n) is 2.20. The van der Waals surface area contributed by atoms with Crippen molar-refractivity contribution in [1.29, 1.82) is 0 Å². The van der Waals surface area contributed by atoms with Crippen molar-refractivity contribution in [3.63, 3.8) is 0 Å². The van der Waals surface area contributed by atoms with Crippen LogP contribution in [0.3, 0.4) is 0 Å². The third-order valence-electron chi connectivity index (χ3n) is 3.15. The monoisotopic (exact) mass is 233 g/mol. The summed E-state index contributed by atoms with van der Waals surface area (Å²) in [6.45, 7) is 0.660. The standard InChI is InChI=1S/C13H17N2O2/c14-15(9-5-4-8-12(16)10-15)13(17)11-6-2-1-3-7-11/h1-3,6-7H,4-5,8-10,14H2/q+1. The highest BCUT2D eigenvalue weighted by atomic mass is 16.2. The number of carbonyl (C=O) groups excluding carboxylic acids is 2. The van der Waals surface area contributed by atoms with Crippen LogP contribution in [0, 0.1) is 0 Å². The van der Waals surface area contributed by atoms with Gasteiger partial charge in [0.25, 0.3) is 0 Å². The minimum Gasteiger partial charge on any atom is -0.293 e. The molecule has 90 valence electrons. The van der Waals surface area contributed by atoms with E-state index in [0.717, 1.165) is 12.8 Å². The van der Waals surface area contributed by atoms with E-state index in [0.29, 0.717) is 18.5 Å². The summed E-state index contributed by atoms with van der Waals surface area (Å²) in [5.41, 5.74) is 0.574.